The van der Waals surface area contributed by atoms with Gasteiger partial charge in [-0.25, -0.2) is 9.37 Å². The van der Waals surface area contributed by atoms with Crippen LogP contribution in [0.1, 0.15) is 31.9 Å². The van der Waals surface area contributed by atoms with Crippen LogP contribution in [0.2, 0.25) is 0 Å². The van der Waals surface area contributed by atoms with Crippen LogP contribution in [-0.4, -0.2) is 15.5 Å². The second-order valence-electron chi connectivity index (χ2n) is 7.26. The van der Waals surface area contributed by atoms with Crippen molar-refractivity contribution in [2.75, 3.05) is 5.32 Å². The summed E-state index contributed by atoms with van der Waals surface area (Å²) in [5.74, 6) is -0.609. The Bertz CT molecular complexity index is 1280. The minimum Gasteiger partial charge on any atom is -0.324 e. The van der Waals surface area contributed by atoms with Gasteiger partial charge in [0.05, 0.1) is 11.7 Å². The Morgan fingerprint density at radius 2 is 1.84 bits per heavy atom. The molecule has 1 atom stereocenters. The molecule has 0 aliphatic heterocycles. The van der Waals surface area contributed by atoms with Crippen molar-refractivity contribution in [2.45, 2.75) is 32.7 Å². The molecule has 4 aromatic rings. The van der Waals surface area contributed by atoms with Gasteiger partial charge in [0.25, 0.3) is 5.56 Å². The molecule has 1 amide bonds. The molecule has 0 radical (unpaired) electrons. The van der Waals surface area contributed by atoms with E-state index < -0.39 is 6.04 Å². The van der Waals surface area contributed by atoms with Crippen molar-refractivity contribution in [2.24, 2.45) is 0 Å². The van der Waals surface area contributed by atoms with E-state index in [-0.39, 0.29) is 17.3 Å². The van der Waals surface area contributed by atoms with Crippen LogP contribution in [-0.2, 0) is 11.2 Å². The molecule has 0 bridgehead atoms. The van der Waals surface area contributed by atoms with Crippen LogP contribution in [0, 0.1) is 5.82 Å². The molecule has 1 unspecified atom stereocenters. The molecule has 31 heavy (non-hydrogen) atoms. The summed E-state index contributed by atoms with van der Waals surface area (Å²) < 4.78 is 14.7. The molecule has 0 saturated heterocycles. The van der Waals surface area contributed by atoms with Crippen LogP contribution >= 0.6 is 11.3 Å². The van der Waals surface area contributed by atoms with Gasteiger partial charge >= 0.3 is 0 Å². The highest BCUT2D eigenvalue weighted by Crippen LogP contribution is 2.31. The van der Waals surface area contributed by atoms with E-state index in [1.807, 2.05) is 36.6 Å². The van der Waals surface area contributed by atoms with E-state index >= 15 is 0 Å². The second kappa shape index (κ2) is 8.81. The average Bonchev–Trinajstić information content (AvgIpc) is 3.22. The van der Waals surface area contributed by atoms with Crippen LogP contribution in [0.5, 0.6) is 0 Å². The van der Waals surface area contributed by atoms with Crippen molar-refractivity contribution in [3.05, 3.63) is 82.0 Å². The lowest BCUT2D eigenvalue weighted by molar-refractivity contribution is -0.119. The number of halogens is 1. The first kappa shape index (κ1) is 20.9. The maximum absolute atomic E-state index is 13.4. The fraction of sp³-hybridized carbons (Fsp3) is 0.208. The Balaban J connectivity index is 1.70. The summed E-state index contributed by atoms with van der Waals surface area (Å²) in [5, 5.41) is 5.18. The lowest BCUT2D eigenvalue weighted by Gasteiger charge is -2.18. The van der Waals surface area contributed by atoms with Gasteiger partial charge < -0.3 is 5.32 Å². The van der Waals surface area contributed by atoms with Gasteiger partial charge in [-0.05, 0) is 48.2 Å². The first-order valence-corrected chi connectivity index (χ1v) is 11.0. The van der Waals surface area contributed by atoms with E-state index in [2.05, 4.69) is 17.2 Å². The minimum absolute atomic E-state index is 0.270. The molecule has 7 heteroatoms. The number of hydrogen-bond donors (Lipinski definition) is 1. The third-order valence-electron chi connectivity index (χ3n) is 5.33. The van der Waals surface area contributed by atoms with Gasteiger partial charge in [0, 0.05) is 16.6 Å². The van der Waals surface area contributed by atoms with E-state index in [0.717, 1.165) is 12.0 Å². The number of hydrogen-bond acceptors (Lipinski definition) is 4. The number of aryl methyl sites for hydroxylation is 1. The number of nitrogens with zero attached hydrogens (tertiary/aromatic N) is 2. The van der Waals surface area contributed by atoms with Gasteiger partial charge in [-0.2, -0.15) is 0 Å². The van der Waals surface area contributed by atoms with Crippen molar-refractivity contribution >= 4 is 33.1 Å². The van der Waals surface area contributed by atoms with E-state index in [4.69, 9.17) is 0 Å². The Morgan fingerprint density at radius 1 is 1.13 bits per heavy atom. The van der Waals surface area contributed by atoms with Crippen LogP contribution in [0.4, 0.5) is 10.1 Å². The number of carbonyl (C=O) groups is 1. The van der Waals surface area contributed by atoms with E-state index in [1.54, 1.807) is 12.1 Å². The number of nitrogens with one attached hydrogen (secondary N) is 1. The Kier molecular flexibility index (Phi) is 5.95. The predicted molar refractivity (Wildman–Crippen MR) is 123 cm³/mol. The second-order valence-corrected chi connectivity index (χ2v) is 8.12. The predicted octanol–water partition coefficient (Wildman–Crippen LogP) is 5.42. The molecule has 0 saturated carbocycles. The fourth-order valence-electron chi connectivity index (χ4n) is 3.57. The summed E-state index contributed by atoms with van der Waals surface area (Å²) in [6, 6.07) is 13.0. The number of anilines is 1. The van der Waals surface area contributed by atoms with Crippen LogP contribution < -0.4 is 10.9 Å². The smallest absolute Gasteiger partial charge is 0.263 e. The number of thiophene rings is 1. The maximum Gasteiger partial charge on any atom is 0.263 e. The minimum atomic E-state index is -0.698. The molecule has 2 heterocycles. The van der Waals surface area contributed by atoms with Crippen LogP contribution in [0.3, 0.4) is 0 Å². The highest BCUT2D eigenvalue weighted by Gasteiger charge is 2.23. The van der Waals surface area contributed by atoms with E-state index in [1.165, 1.54) is 39.9 Å². The normalized spacial score (nSPS) is 12.1. The van der Waals surface area contributed by atoms with Crippen molar-refractivity contribution in [3.8, 4) is 11.1 Å². The fourth-order valence-corrected chi connectivity index (χ4v) is 4.47. The van der Waals surface area contributed by atoms with Crippen molar-refractivity contribution in [3.63, 3.8) is 0 Å². The molecule has 0 aliphatic carbocycles. The van der Waals surface area contributed by atoms with Crippen molar-refractivity contribution < 1.29 is 9.18 Å². The summed E-state index contributed by atoms with van der Waals surface area (Å²) in [4.78, 5) is 31.3. The molecule has 0 spiro atoms. The Labute approximate surface area is 183 Å². The van der Waals surface area contributed by atoms with Crippen molar-refractivity contribution in [1.29, 1.82) is 0 Å². The number of carbonyl (C=O) groups excluding carboxylic acids is 1. The molecule has 0 aliphatic rings. The molecule has 4 rings (SSSR count). The molecule has 1 N–H and O–H groups in total. The summed E-state index contributed by atoms with van der Waals surface area (Å²) in [7, 11) is 0. The topological polar surface area (TPSA) is 64.0 Å². The van der Waals surface area contributed by atoms with Gasteiger partial charge in [-0.15, -0.1) is 11.3 Å². The molecule has 0 fully saturated rings. The zero-order valence-corrected chi connectivity index (χ0v) is 18.1. The summed E-state index contributed by atoms with van der Waals surface area (Å²) in [6.45, 7) is 3.93. The quantitative estimate of drug-likeness (QED) is 0.440. The lowest BCUT2D eigenvalue weighted by Crippen LogP contribution is -2.33. The number of rotatable bonds is 6. The Hall–Kier alpha value is -3.32. The number of benzene rings is 2. The van der Waals surface area contributed by atoms with Gasteiger partial charge in [0.1, 0.15) is 16.7 Å². The van der Waals surface area contributed by atoms with Gasteiger partial charge in [-0.3, -0.25) is 14.2 Å². The van der Waals surface area contributed by atoms with Crippen LogP contribution in [0.25, 0.3) is 21.3 Å². The molecule has 2 aromatic heterocycles. The highest BCUT2D eigenvalue weighted by atomic mass is 32.1. The monoisotopic (exact) mass is 435 g/mol. The Morgan fingerprint density at radius 3 is 2.48 bits per heavy atom. The van der Waals surface area contributed by atoms with Crippen molar-refractivity contribution in [1.82, 2.24) is 9.55 Å². The van der Waals surface area contributed by atoms with Gasteiger partial charge in [-0.1, -0.05) is 38.1 Å². The zero-order chi connectivity index (χ0) is 22.0. The average molecular weight is 436 g/mol. The number of aromatic nitrogens is 2. The standard InChI is InChI=1S/C24H22FN3O2S/c1-3-15-5-11-18(12-6-15)27-22(29)20(4-2)28-14-26-23-21(24(28)30)19(13-31-23)16-7-9-17(25)10-8-16/h5-14,20H,3-4H2,1-2H3,(H,27,29). The number of fused-ring (bicyclic) bond motifs is 1. The molecular formula is C24H22FN3O2S. The SMILES string of the molecule is CCc1ccc(NC(=O)C(CC)n2cnc3scc(-c4ccc(F)cc4)c3c2=O)cc1. The summed E-state index contributed by atoms with van der Waals surface area (Å²) in [6.07, 6.45) is 2.79. The lowest BCUT2D eigenvalue weighted by atomic mass is 10.1. The summed E-state index contributed by atoms with van der Waals surface area (Å²) >= 11 is 1.35. The zero-order valence-electron chi connectivity index (χ0n) is 17.3. The molecular weight excluding hydrogens is 413 g/mol. The van der Waals surface area contributed by atoms with E-state index in [0.29, 0.717) is 27.9 Å². The highest BCUT2D eigenvalue weighted by molar-refractivity contribution is 7.17. The largest absolute Gasteiger partial charge is 0.324 e. The van der Waals surface area contributed by atoms with Gasteiger partial charge in [0.15, 0.2) is 0 Å². The molecule has 5 nitrogen and oxygen atoms in total. The molecule has 2 aromatic carbocycles. The first-order chi connectivity index (χ1) is 15.0. The maximum atomic E-state index is 13.4. The van der Waals surface area contributed by atoms with Gasteiger partial charge in [0.2, 0.25) is 5.91 Å². The number of amides is 1. The van der Waals surface area contributed by atoms with Crippen LogP contribution in [0.15, 0.2) is 65.0 Å². The molecule has 158 valence electrons. The third-order valence-corrected chi connectivity index (χ3v) is 6.22. The summed E-state index contributed by atoms with van der Waals surface area (Å²) in [5.41, 5.74) is 3.01. The van der Waals surface area contributed by atoms with E-state index in [9.17, 15) is 14.0 Å². The first-order valence-electron chi connectivity index (χ1n) is 10.2. The third kappa shape index (κ3) is 4.14.